The van der Waals surface area contributed by atoms with E-state index in [-0.39, 0.29) is 6.03 Å². The van der Waals surface area contributed by atoms with E-state index < -0.39 is 0 Å². The summed E-state index contributed by atoms with van der Waals surface area (Å²) in [7, 11) is 0. The fraction of sp³-hybridized carbons (Fsp3) is 0.235. The highest BCUT2D eigenvalue weighted by molar-refractivity contribution is 6.31. The Bertz CT molecular complexity index is 653. The minimum atomic E-state index is -0.270. The molecule has 0 atom stereocenters. The third-order valence-electron chi connectivity index (χ3n) is 3.35. The molecule has 2 aromatic rings. The summed E-state index contributed by atoms with van der Waals surface area (Å²) in [6.07, 6.45) is 0. The SMILES string of the molecule is Cc1c(Cl)cccc1NC(=O)Nc1ccccc1C(C)C. The van der Waals surface area contributed by atoms with E-state index in [1.165, 1.54) is 0 Å². The molecule has 0 aromatic heterocycles. The van der Waals surface area contributed by atoms with Crippen LogP contribution < -0.4 is 10.6 Å². The number of halogens is 1. The molecule has 0 aliphatic carbocycles. The normalized spacial score (nSPS) is 10.5. The number of hydrogen-bond donors (Lipinski definition) is 2. The van der Waals surface area contributed by atoms with E-state index in [0.29, 0.717) is 16.6 Å². The lowest BCUT2D eigenvalue weighted by atomic mass is 10.0. The highest BCUT2D eigenvalue weighted by Crippen LogP contribution is 2.25. The topological polar surface area (TPSA) is 41.1 Å². The summed E-state index contributed by atoms with van der Waals surface area (Å²) in [5.74, 6) is 0.342. The van der Waals surface area contributed by atoms with Gasteiger partial charge < -0.3 is 10.6 Å². The first-order valence-corrected chi connectivity index (χ1v) is 7.29. The minimum Gasteiger partial charge on any atom is -0.307 e. The van der Waals surface area contributed by atoms with Crippen LogP contribution in [0, 0.1) is 6.92 Å². The van der Waals surface area contributed by atoms with E-state index in [1.54, 1.807) is 6.07 Å². The molecule has 0 saturated carbocycles. The van der Waals surface area contributed by atoms with Crippen LogP contribution in [0.4, 0.5) is 16.2 Å². The zero-order chi connectivity index (χ0) is 15.4. The van der Waals surface area contributed by atoms with Gasteiger partial charge in [0.25, 0.3) is 0 Å². The van der Waals surface area contributed by atoms with Gasteiger partial charge in [-0.15, -0.1) is 0 Å². The molecule has 0 saturated heterocycles. The molecule has 0 aliphatic heterocycles. The number of carbonyl (C=O) groups excluding carboxylic acids is 1. The molecule has 4 heteroatoms. The second-order valence-electron chi connectivity index (χ2n) is 5.23. The molecule has 0 heterocycles. The quantitative estimate of drug-likeness (QED) is 0.781. The van der Waals surface area contributed by atoms with Crippen molar-refractivity contribution in [2.24, 2.45) is 0 Å². The number of urea groups is 1. The highest BCUT2D eigenvalue weighted by atomic mass is 35.5. The van der Waals surface area contributed by atoms with Crippen molar-refractivity contribution in [2.75, 3.05) is 10.6 Å². The number of benzene rings is 2. The molecule has 0 spiro atoms. The summed E-state index contributed by atoms with van der Waals surface area (Å²) < 4.78 is 0. The van der Waals surface area contributed by atoms with Crippen molar-refractivity contribution in [2.45, 2.75) is 26.7 Å². The van der Waals surface area contributed by atoms with E-state index in [9.17, 15) is 4.79 Å². The molecule has 2 rings (SSSR count). The predicted octanol–water partition coefficient (Wildman–Crippen LogP) is 5.42. The molecule has 3 nitrogen and oxygen atoms in total. The number of para-hydroxylation sites is 1. The second-order valence-corrected chi connectivity index (χ2v) is 5.64. The summed E-state index contributed by atoms with van der Waals surface area (Å²) in [6, 6.07) is 13.0. The Labute approximate surface area is 130 Å². The Kier molecular flexibility index (Phi) is 4.86. The lowest BCUT2D eigenvalue weighted by Gasteiger charge is -2.15. The van der Waals surface area contributed by atoms with Gasteiger partial charge in [0.1, 0.15) is 0 Å². The van der Waals surface area contributed by atoms with Gasteiger partial charge >= 0.3 is 6.03 Å². The summed E-state index contributed by atoms with van der Waals surface area (Å²) in [5, 5.41) is 6.36. The fourth-order valence-corrected chi connectivity index (χ4v) is 2.31. The summed E-state index contributed by atoms with van der Waals surface area (Å²) >= 11 is 6.05. The lowest BCUT2D eigenvalue weighted by Crippen LogP contribution is -2.21. The van der Waals surface area contributed by atoms with Crippen LogP contribution in [0.25, 0.3) is 0 Å². The van der Waals surface area contributed by atoms with Gasteiger partial charge in [-0.1, -0.05) is 49.7 Å². The van der Waals surface area contributed by atoms with Gasteiger partial charge in [-0.05, 0) is 42.2 Å². The van der Waals surface area contributed by atoms with Crippen LogP contribution in [0.3, 0.4) is 0 Å². The van der Waals surface area contributed by atoms with Crippen LogP contribution in [-0.2, 0) is 0 Å². The lowest BCUT2D eigenvalue weighted by molar-refractivity contribution is 0.262. The van der Waals surface area contributed by atoms with Crippen molar-refractivity contribution in [3.8, 4) is 0 Å². The van der Waals surface area contributed by atoms with Crippen molar-refractivity contribution < 1.29 is 4.79 Å². The molecule has 110 valence electrons. The maximum Gasteiger partial charge on any atom is 0.323 e. The van der Waals surface area contributed by atoms with Crippen molar-refractivity contribution >= 4 is 29.0 Å². The monoisotopic (exact) mass is 302 g/mol. The largest absolute Gasteiger partial charge is 0.323 e. The number of anilines is 2. The average Bonchev–Trinajstić information content (AvgIpc) is 2.44. The van der Waals surface area contributed by atoms with E-state index in [2.05, 4.69) is 24.5 Å². The van der Waals surface area contributed by atoms with Gasteiger partial charge in [-0.3, -0.25) is 0 Å². The van der Waals surface area contributed by atoms with Crippen molar-refractivity contribution in [1.82, 2.24) is 0 Å². The van der Waals surface area contributed by atoms with Gasteiger partial charge in [0.2, 0.25) is 0 Å². The predicted molar refractivity (Wildman–Crippen MR) is 89.4 cm³/mol. The number of rotatable bonds is 3. The molecule has 0 radical (unpaired) electrons. The van der Waals surface area contributed by atoms with Gasteiger partial charge in [0.15, 0.2) is 0 Å². The smallest absolute Gasteiger partial charge is 0.307 e. The molecule has 21 heavy (non-hydrogen) atoms. The van der Waals surface area contributed by atoms with Crippen LogP contribution in [0.2, 0.25) is 5.02 Å². The molecule has 0 unspecified atom stereocenters. The Morgan fingerprint density at radius 1 is 1.00 bits per heavy atom. The highest BCUT2D eigenvalue weighted by Gasteiger charge is 2.10. The average molecular weight is 303 g/mol. The van der Waals surface area contributed by atoms with Gasteiger partial charge in [-0.25, -0.2) is 4.79 Å². The standard InChI is InChI=1S/C17H19ClN2O/c1-11(2)13-7-4-5-9-16(13)20-17(21)19-15-10-6-8-14(18)12(15)3/h4-11H,1-3H3,(H2,19,20,21). The van der Waals surface area contributed by atoms with Crippen molar-refractivity contribution in [1.29, 1.82) is 0 Å². The Morgan fingerprint density at radius 2 is 1.62 bits per heavy atom. The molecule has 2 amide bonds. The number of nitrogens with one attached hydrogen (secondary N) is 2. The molecule has 0 aliphatic rings. The van der Waals surface area contributed by atoms with Gasteiger partial charge in [-0.2, -0.15) is 0 Å². The minimum absolute atomic E-state index is 0.270. The molecule has 2 N–H and O–H groups in total. The molecule has 2 aromatic carbocycles. The maximum absolute atomic E-state index is 12.2. The Morgan fingerprint density at radius 3 is 2.33 bits per heavy atom. The third kappa shape index (κ3) is 3.76. The maximum atomic E-state index is 12.2. The molecule has 0 fully saturated rings. The summed E-state index contributed by atoms with van der Waals surface area (Å²) in [4.78, 5) is 12.2. The first-order chi connectivity index (χ1) is 9.99. The van der Waals surface area contributed by atoms with Crippen molar-refractivity contribution in [3.05, 3.63) is 58.6 Å². The van der Waals surface area contributed by atoms with Crippen LogP contribution >= 0.6 is 11.6 Å². The van der Waals surface area contributed by atoms with Crippen LogP contribution in [0.5, 0.6) is 0 Å². The van der Waals surface area contributed by atoms with E-state index in [4.69, 9.17) is 11.6 Å². The van der Waals surface area contributed by atoms with E-state index in [0.717, 1.165) is 16.8 Å². The zero-order valence-corrected chi connectivity index (χ0v) is 13.2. The Hall–Kier alpha value is -2.00. The number of carbonyl (C=O) groups is 1. The second kappa shape index (κ2) is 6.64. The summed E-state index contributed by atoms with van der Waals surface area (Å²) in [6.45, 7) is 6.07. The number of hydrogen-bond acceptors (Lipinski definition) is 1. The molecular formula is C17H19ClN2O. The molecular weight excluding hydrogens is 284 g/mol. The van der Waals surface area contributed by atoms with E-state index >= 15 is 0 Å². The van der Waals surface area contributed by atoms with Crippen LogP contribution in [-0.4, -0.2) is 6.03 Å². The van der Waals surface area contributed by atoms with Crippen LogP contribution in [0.1, 0.15) is 30.9 Å². The third-order valence-corrected chi connectivity index (χ3v) is 3.76. The van der Waals surface area contributed by atoms with Gasteiger partial charge in [0.05, 0.1) is 0 Å². The summed E-state index contributed by atoms with van der Waals surface area (Å²) in [5.41, 5.74) is 3.49. The zero-order valence-electron chi connectivity index (χ0n) is 12.4. The first kappa shape index (κ1) is 15.4. The first-order valence-electron chi connectivity index (χ1n) is 6.91. The van der Waals surface area contributed by atoms with Gasteiger partial charge in [0, 0.05) is 16.4 Å². The Balaban J connectivity index is 2.14. The van der Waals surface area contributed by atoms with E-state index in [1.807, 2.05) is 43.3 Å². The van der Waals surface area contributed by atoms with Crippen LogP contribution in [0.15, 0.2) is 42.5 Å². The fourth-order valence-electron chi connectivity index (χ4n) is 2.13. The number of amides is 2. The molecule has 0 bridgehead atoms. The van der Waals surface area contributed by atoms with Crippen molar-refractivity contribution in [3.63, 3.8) is 0 Å².